The number of fused-ring (bicyclic) bond motifs is 1. The molecule has 132 valence electrons. The molecule has 0 aromatic rings. The maximum atomic E-state index is 9.34. The molecule has 0 amide bonds. The third kappa shape index (κ3) is 3.08. The van der Waals surface area contributed by atoms with Crippen LogP contribution < -0.4 is 10.6 Å². The van der Waals surface area contributed by atoms with E-state index in [9.17, 15) is 5.11 Å². The van der Waals surface area contributed by atoms with Gasteiger partial charge in [-0.2, -0.15) is 0 Å². The normalized spacial score (nSPS) is 39.0. The Morgan fingerprint density at radius 1 is 1.35 bits per heavy atom. The Balaban J connectivity index is 1.56. The molecule has 0 bridgehead atoms. The van der Waals surface area contributed by atoms with Crippen molar-refractivity contribution in [1.82, 2.24) is 10.6 Å². The summed E-state index contributed by atoms with van der Waals surface area (Å²) in [6.07, 6.45) is 3.27. The van der Waals surface area contributed by atoms with Crippen molar-refractivity contribution in [3.05, 3.63) is 0 Å². The summed E-state index contributed by atoms with van der Waals surface area (Å²) in [5, 5.41) is 16.4. The summed E-state index contributed by atoms with van der Waals surface area (Å²) in [7, 11) is 1.81. The summed E-state index contributed by atoms with van der Waals surface area (Å²) in [6.45, 7) is 7.89. The smallest absolute Gasteiger partial charge is 0.191 e. The summed E-state index contributed by atoms with van der Waals surface area (Å²) in [5.41, 5.74) is 0.165. The second kappa shape index (κ2) is 6.57. The first kappa shape index (κ1) is 17.0. The zero-order valence-electron chi connectivity index (χ0n) is 14.6. The molecule has 6 nitrogen and oxygen atoms in total. The van der Waals surface area contributed by atoms with Crippen LogP contribution in [0, 0.1) is 16.7 Å². The molecule has 0 spiro atoms. The van der Waals surface area contributed by atoms with Crippen molar-refractivity contribution in [2.24, 2.45) is 21.7 Å². The van der Waals surface area contributed by atoms with E-state index < -0.39 is 0 Å². The van der Waals surface area contributed by atoms with Crippen LogP contribution in [0.1, 0.15) is 33.1 Å². The second-order valence-electron chi connectivity index (χ2n) is 7.89. The molecule has 4 atom stereocenters. The third-order valence-electron chi connectivity index (χ3n) is 6.07. The van der Waals surface area contributed by atoms with Crippen LogP contribution in [0.15, 0.2) is 4.99 Å². The Labute approximate surface area is 139 Å². The van der Waals surface area contributed by atoms with Gasteiger partial charge in [0.15, 0.2) is 5.96 Å². The average Bonchev–Trinajstić information content (AvgIpc) is 3.16. The topological polar surface area (TPSA) is 75.1 Å². The van der Waals surface area contributed by atoms with Gasteiger partial charge in [0.25, 0.3) is 0 Å². The zero-order valence-corrected chi connectivity index (χ0v) is 14.6. The van der Waals surface area contributed by atoms with Crippen LogP contribution in [0.4, 0.5) is 0 Å². The van der Waals surface area contributed by atoms with Crippen molar-refractivity contribution >= 4 is 5.96 Å². The number of rotatable bonds is 5. The summed E-state index contributed by atoms with van der Waals surface area (Å²) < 4.78 is 11.4. The highest BCUT2D eigenvalue weighted by Gasteiger charge is 2.59. The molecule has 4 unspecified atom stereocenters. The second-order valence-corrected chi connectivity index (χ2v) is 7.89. The Hall–Kier alpha value is -0.850. The molecule has 6 heteroatoms. The van der Waals surface area contributed by atoms with Gasteiger partial charge in [-0.05, 0) is 19.3 Å². The molecule has 2 saturated heterocycles. The van der Waals surface area contributed by atoms with Crippen LogP contribution in [0.25, 0.3) is 0 Å². The Kier molecular flexibility index (Phi) is 4.85. The lowest BCUT2D eigenvalue weighted by atomic mass is 9.57. The minimum Gasteiger partial charge on any atom is -0.396 e. The van der Waals surface area contributed by atoms with Gasteiger partial charge in [-0.3, -0.25) is 4.99 Å². The van der Waals surface area contributed by atoms with E-state index in [1.807, 2.05) is 7.05 Å². The number of aliphatic imine (C=N–C) groups is 1. The van der Waals surface area contributed by atoms with Crippen LogP contribution in [0.3, 0.4) is 0 Å². The van der Waals surface area contributed by atoms with Crippen LogP contribution in [-0.4, -0.2) is 63.2 Å². The van der Waals surface area contributed by atoms with Gasteiger partial charge in [0, 0.05) is 56.2 Å². The summed E-state index contributed by atoms with van der Waals surface area (Å²) in [6, 6.07) is 0.398. The molecule has 3 N–H and O–H groups in total. The van der Waals surface area contributed by atoms with Gasteiger partial charge in [-0.25, -0.2) is 0 Å². The van der Waals surface area contributed by atoms with E-state index in [1.54, 1.807) is 0 Å². The Morgan fingerprint density at radius 3 is 2.83 bits per heavy atom. The fraction of sp³-hybridized carbons (Fsp3) is 0.941. The molecule has 2 heterocycles. The van der Waals surface area contributed by atoms with E-state index in [2.05, 4.69) is 29.5 Å². The summed E-state index contributed by atoms with van der Waals surface area (Å²) in [4.78, 5) is 4.39. The molecule has 2 aliphatic heterocycles. The maximum Gasteiger partial charge on any atom is 0.191 e. The molecule has 0 aromatic heterocycles. The van der Waals surface area contributed by atoms with E-state index in [-0.39, 0.29) is 17.4 Å². The number of hydrogen-bond acceptors (Lipinski definition) is 4. The molecule has 0 radical (unpaired) electrons. The predicted molar refractivity (Wildman–Crippen MR) is 89.5 cm³/mol. The minimum atomic E-state index is 0.0283. The number of hydrogen-bond donors (Lipinski definition) is 3. The zero-order chi connectivity index (χ0) is 16.5. The van der Waals surface area contributed by atoms with Crippen LogP contribution in [-0.2, 0) is 9.47 Å². The Morgan fingerprint density at radius 2 is 2.17 bits per heavy atom. The Bertz CT molecular complexity index is 446. The first-order valence-corrected chi connectivity index (χ1v) is 8.80. The molecule has 1 saturated carbocycles. The minimum absolute atomic E-state index is 0.0283. The first-order valence-electron chi connectivity index (χ1n) is 8.80. The third-order valence-corrected chi connectivity index (χ3v) is 6.07. The lowest BCUT2D eigenvalue weighted by molar-refractivity contribution is -0.106. The monoisotopic (exact) mass is 325 g/mol. The first-order chi connectivity index (χ1) is 11.0. The van der Waals surface area contributed by atoms with E-state index in [1.165, 1.54) is 0 Å². The molecule has 23 heavy (non-hydrogen) atoms. The number of nitrogens with zero attached hydrogens (tertiary/aromatic N) is 1. The number of ether oxygens (including phenoxy) is 2. The number of aliphatic hydroxyl groups excluding tert-OH is 1. The van der Waals surface area contributed by atoms with Crippen molar-refractivity contribution in [2.45, 2.75) is 45.3 Å². The van der Waals surface area contributed by atoms with Crippen molar-refractivity contribution in [3.63, 3.8) is 0 Å². The molecular formula is C17H31N3O3. The van der Waals surface area contributed by atoms with E-state index in [0.29, 0.717) is 24.7 Å². The quantitative estimate of drug-likeness (QED) is 0.514. The fourth-order valence-electron chi connectivity index (χ4n) is 4.54. The van der Waals surface area contributed by atoms with Gasteiger partial charge in [-0.15, -0.1) is 0 Å². The van der Waals surface area contributed by atoms with Gasteiger partial charge in [-0.1, -0.05) is 13.8 Å². The van der Waals surface area contributed by atoms with Crippen molar-refractivity contribution in [2.75, 3.05) is 40.0 Å². The number of nitrogens with one attached hydrogen (secondary N) is 2. The van der Waals surface area contributed by atoms with Crippen molar-refractivity contribution in [3.8, 4) is 0 Å². The predicted octanol–water partition coefficient (Wildman–Crippen LogP) is 0.754. The van der Waals surface area contributed by atoms with Gasteiger partial charge in [0.2, 0.25) is 0 Å². The maximum absolute atomic E-state index is 9.34. The largest absolute Gasteiger partial charge is 0.396 e. The number of guanidine groups is 1. The van der Waals surface area contributed by atoms with Gasteiger partial charge >= 0.3 is 0 Å². The summed E-state index contributed by atoms with van der Waals surface area (Å²) in [5.74, 6) is 1.43. The molecule has 3 rings (SSSR count). The van der Waals surface area contributed by atoms with E-state index in [4.69, 9.17) is 9.47 Å². The molecule has 3 fully saturated rings. The highest BCUT2D eigenvalue weighted by Crippen LogP contribution is 2.52. The van der Waals surface area contributed by atoms with Gasteiger partial charge in [0.1, 0.15) is 0 Å². The standard InChI is InChI=1S/C17H31N3O3/c1-16(2)13(12-4-8-23-14(12)16)20-15(18-3)19-10-17(5-7-21)6-9-22-11-17/h12-14,21H,4-11H2,1-3H3,(H2,18,19,20). The van der Waals surface area contributed by atoms with Gasteiger partial charge < -0.3 is 25.2 Å². The SMILES string of the molecule is CN=C(NCC1(CCO)CCOC1)NC1C2CCOC2C1(C)C. The van der Waals surface area contributed by atoms with Crippen molar-refractivity contribution in [1.29, 1.82) is 0 Å². The summed E-state index contributed by atoms with van der Waals surface area (Å²) >= 11 is 0. The van der Waals surface area contributed by atoms with E-state index >= 15 is 0 Å². The highest BCUT2D eigenvalue weighted by molar-refractivity contribution is 5.80. The van der Waals surface area contributed by atoms with Gasteiger partial charge in [0.05, 0.1) is 12.7 Å². The van der Waals surface area contributed by atoms with Crippen LogP contribution >= 0.6 is 0 Å². The highest BCUT2D eigenvalue weighted by atomic mass is 16.5. The van der Waals surface area contributed by atoms with Crippen molar-refractivity contribution < 1.29 is 14.6 Å². The van der Waals surface area contributed by atoms with Crippen LogP contribution in [0.5, 0.6) is 0 Å². The lowest BCUT2D eigenvalue weighted by Gasteiger charge is -2.55. The lowest BCUT2D eigenvalue weighted by Crippen LogP contribution is -2.68. The van der Waals surface area contributed by atoms with Crippen LogP contribution in [0.2, 0.25) is 0 Å². The van der Waals surface area contributed by atoms with E-state index in [0.717, 1.165) is 45.0 Å². The molecule has 3 aliphatic rings. The number of aliphatic hydroxyl groups is 1. The average molecular weight is 325 g/mol. The molecule has 1 aliphatic carbocycles. The molecular weight excluding hydrogens is 294 g/mol. The fourth-order valence-corrected chi connectivity index (χ4v) is 4.54. The molecule has 0 aromatic carbocycles.